The van der Waals surface area contributed by atoms with E-state index in [1.807, 2.05) is 0 Å². The molecule has 0 radical (unpaired) electrons. The summed E-state index contributed by atoms with van der Waals surface area (Å²) in [5.41, 5.74) is 0.553. The third-order valence-corrected chi connectivity index (χ3v) is 4.75. The van der Waals surface area contributed by atoms with Crippen LogP contribution in [0.5, 0.6) is 0 Å². The average molecular weight is 252 g/mol. The molecule has 2 fully saturated rings. The van der Waals surface area contributed by atoms with E-state index in [9.17, 15) is 4.79 Å². The van der Waals surface area contributed by atoms with Gasteiger partial charge in [-0.05, 0) is 56.5 Å². The molecule has 1 N–H and O–H groups in total. The first-order valence-electron chi connectivity index (χ1n) is 7.45. The summed E-state index contributed by atoms with van der Waals surface area (Å²) in [5, 5.41) is 2.96. The summed E-state index contributed by atoms with van der Waals surface area (Å²) in [7, 11) is 0. The first-order chi connectivity index (χ1) is 8.46. The number of piperidine rings is 1. The highest BCUT2D eigenvalue weighted by Crippen LogP contribution is 2.40. The van der Waals surface area contributed by atoms with Crippen LogP contribution in [0.15, 0.2) is 0 Å². The Morgan fingerprint density at radius 3 is 2.44 bits per heavy atom. The maximum absolute atomic E-state index is 10.9. The summed E-state index contributed by atoms with van der Waals surface area (Å²) in [5.74, 6) is 0.800. The summed E-state index contributed by atoms with van der Waals surface area (Å²) in [6.07, 6.45) is 6.62. The molecule has 0 aromatic heterocycles. The fourth-order valence-electron chi connectivity index (χ4n) is 3.52. The molecule has 1 saturated carbocycles. The molecule has 1 unspecified atom stereocenters. The molecule has 2 aliphatic rings. The molecule has 1 saturated heterocycles. The van der Waals surface area contributed by atoms with Gasteiger partial charge in [-0.15, -0.1) is 0 Å². The van der Waals surface area contributed by atoms with Crippen molar-refractivity contribution < 1.29 is 4.79 Å². The van der Waals surface area contributed by atoms with Gasteiger partial charge < -0.3 is 10.2 Å². The van der Waals surface area contributed by atoms with E-state index < -0.39 is 0 Å². The fraction of sp³-hybridized carbons (Fsp3) is 0.933. The molecule has 0 bridgehead atoms. The van der Waals surface area contributed by atoms with Crippen LogP contribution in [-0.2, 0) is 4.79 Å². The first kappa shape index (κ1) is 13.9. The van der Waals surface area contributed by atoms with E-state index in [-0.39, 0.29) is 5.91 Å². The van der Waals surface area contributed by atoms with Crippen LogP contribution in [0.25, 0.3) is 0 Å². The van der Waals surface area contributed by atoms with E-state index in [2.05, 4.69) is 24.1 Å². The summed E-state index contributed by atoms with van der Waals surface area (Å²) in [6.45, 7) is 9.73. The van der Waals surface area contributed by atoms with E-state index in [1.54, 1.807) is 6.92 Å². The molecule has 18 heavy (non-hydrogen) atoms. The minimum Gasteiger partial charge on any atom is -0.356 e. The van der Waals surface area contributed by atoms with Crippen molar-refractivity contribution in [2.75, 3.05) is 19.6 Å². The van der Waals surface area contributed by atoms with Gasteiger partial charge in [-0.1, -0.05) is 13.8 Å². The highest BCUT2D eigenvalue weighted by Gasteiger charge is 2.35. The van der Waals surface area contributed by atoms with Crippen LogP contribution < -0.4 is 5.32 Å². The molecule has 0 aromatic carbocycles. The molecule has 3 heteroatoms. The molecule has 1 amide bonds. The van der Waals surface area contributed by atoms with Gasteiger partial charge >= 0.3 is 0 Å². The number of hydrogen-bond donors (Lipinski definition) is 1. The lowest BCUT2D eigenvalue weighted by atomic mass is 9.91. The molecule has 2 rings (SSSR count). The highest BCUT2D eigenvalue weighted by atomic mass is 16.1. The van der Waals surface area contributed by atoms with Crippen molar-refractivity contribution in [1.82, 2.24) is 10.2 Å². The number of nitrogens with zero attached hydrogens (tertiary/aromatic N) is 1. The van der Waals surface area contributed by atoms with Gasteiger partial charge in [0, 0.05) is 19.5 Å². The number of likely N-dealkylation sites (tertiary alicyclic amines) is 1. The number of rotatable bonds is 3. The Labute approximate surface area is 111 Å². The fourth-order valence-corrected chi connectivity index (χ4v) is 3.52. The highest BCUT2D eigenvalue weighted by molar-refractivity contribution is 5.72. The summed E-state index contributed by atoms with van der Waals surface area (Å²) < 4.78 is 0. The van der Waals surface area contributed by atoms with Gasteiger partial charge in [0.25, 0.3) is 0 Å². The third kappa shape index (κ3) is 3.71. The van der Waals surface area contributed by atoms with Crippen molar-refractivity contribution in [1.29, 1.82) is 0 Å². The van der Waals surface area contributed by atoms with Crippen LogP contribution in [-0.4, -0.2) is 36.5 Å². The second-order valence-electron chi connectivity index (χ2n) is 6.98. The number of hydrogen-bond acceptors (Lipinski definition) is 2. The molecule has 3 nitrogen and oxygen atoms in total. The molecule has 0 spiro atoms. The molecule has 1 aliphatic heterocycles. The summed E-state index contributed by atoms with van der Waals surface area (Å²) in [4.78, 5) is 13.6. The maximum Gasteiger partial charge on any atom is 0.216 e. The predicted molar refractivity (Wildman–Crippen MR) is 74.4 cm³/mol. The number of nitrogens with one attached hydrogen (secondary N) is 1. The van der Waals surface area contributed by atoms with Gasteiger partial charge in [-0.2, -0.15) is 0 Å². The monoisotopic (exact) mass is 252 g/mol. The van der Waals surface area contributed by atoms with E-state index in [0.717, 1.165) is 12.6 Å². The minimum absolute atomic E-state index is 0.106. The van der Waals surface area contributed by atoms with Gasteiger partial charge in [-0.25, -0.2) is 0 Å². The number of carbonyl (C=O) groups excluding carboxylic acids is 1. The second-order valence-corrected chi connectivity index (χ2v) is 6.98. The zero-order valence-electron chi connectivity index (χ0n) is 12.2. The average Bonchev–Trinajstić information content (AvgIpc) is 2.68. The van der Waals surface area contributed by atoms with E-state index >= 15 is 0 Å². The number of carbonyl (C=O) groups is 1. The Morgan fingerprint density at radius 1 is 1.28 bits per heavy atom. The largest absolute Gasteiger partial charge is 0.356 e. The Kier molecular flexibility index (Phi) is 4.31. The van der Waals surface area contributed by atoms with Crippen molar-refractivity contribution in [3.8, 4) is 0 Å². The van der Waals surface area contributed by atoms with E-state index in [4.69, 9.17) is 0 Å². The van der Waals surface area contributed by atoms with Gasteiger partial charge in [0.15, 0.2) is 0 Å². The molecular weight excluding hydrogens is 224 g/mol. The second kappa shape index (κ2) is 5.60. The van der Waals surface area contributed by atoms with E-state index in [0.29, 0.717) is 11.3 Å². The molecule has 1 heterocycles. The smallest absolute Gasteiger partial charge is 0.216 e. The Balaban J connectivity index is 1.72. The van der Waals surface area contributed by atoms with Crippen molar-refractivity contribution >= 4 is 5.91 Å². The molecule has 104 valence electrons. The first-order valence-corrected chi connectivity index (χ1v) is 7.45. The van der Waals surface area contributed by atoms with Crippen molar-refractivity contribution in [2.45, 2.75) is 58.9 Å². The van der Waals surface area contributed by atoms with Crippen molar-refractivity contribution in [3.05, 3.63) is 0 Å². The summed E-state index contributed by atoms with van der Waals surface area (Å²) in [6, 6.07) is 0.821. The summed E-state index contributed by atoms with van der Waals surface area (Å²) >= 11 is 0. The Bertz CT molecular complexity index is 293. The lowest BCUT2D eigenvalue weighted by Crippen LogP contribution is -2.42. The van der Waals surface area contributed by atoms with Gasteiger partial charge in [0.2, 0.25) is 5.91 Å². The van der Waals surface area contributed by atoms with Crippen molar-refractivity contribution in [2.24, 2.45) is 11.3 Å². The van der Waals surface area contributed by atoms with Gasteiger partial charge in [0.05, 0.1) is 0 Å². The van der Waals surface area contributed by atoms with Gasteiger partial charge in [0.1, 0.15) is 0 Å². The zero-order valence-corrected chi connectivity index (χ0v) is 12.2. The third-order valence-electron chi connectivity index (χ3n) is 4.75. The normalized spacial score (nSPS) is 29.4. The Morgan fingerprint density at radius 2 is 1.94 bits per heavy atom. The quantitative estimate of drug-likeness (QED) is 0.836. The van der Waals surface area contributed by atoms with Crippen LogP contribution in [0.3, 0.4) is 0 Å². The standard InChI is InChI=1S/C15H28N2O/c1-12(18)16-11-13-5-8-17(9-6-13)14-4-7-15(2,3)10-14/h13-14H,4-11H2,1-3H3,(H,16,18). The van der Waals surface area contributed by atoms with Crippen LogP contribution in [0.2, 0.25) is 0 Å². The predicted octanol–water partition coefficient (Wildman–Crippen LogP) is 2.41. The van der Waals surface area contributed by atoms with Crippen LogP contribution in [0.1, 0.15) is 52.9 Å². The van der Waals surface area contributed by atoms with Crippen LogP contribution in [0, 0.1) is 11.3 Å². The zero-order chi connectivity index (χ0) is 13.2. The van der Waals surface area contributed by atoms with Crippen LogP contribution >= 0.6 is 0 Å². The lowest BCUT2D eigenvalue weighted by Gasteiger charge is -2.36. The van der Waals surface area contributed by atoms with E-state index in [1.165, 1.54) is 45.2 Å². The van der Waals surface area contributed by atoms with Crippen LogP contribution in [0.4, 0.5) is 0 Å². The maximum atomic E-state index is 10.9. The SMILES string of the molecule is CC(=O)NCC1CCN(C2CCC(C)(C)C2)CC1. The van der Waals surface area contributed by atoms with Crippen molar-refractivity contribution in [3.63, 3.8) is 0 Å². The molecule has 0 aromatic rings. The lowest BCUT2D eigenvalue weighted by molar-refractivity contribution is -0.119. The minimum atomic E-state index is 0.106. The topological polar surface area (TPSA) is 32.3 Å². The Hall–Kier alpha value is -0.570. The molecule has 1 atom stereocenters. The molecular formula is C15H28N2O. The molecule has 1 aliphatic carbocycles. The van der Waals surface area contributed by atoms with Gasteiger partial charge in [-0.3, -0.25) is 4.79 Å². The number of amides is 1.